The van der Waals surface area contributed by atoms with Crippen LogP contribution in [0.15, 0.2) is 0 Å². The van der Waals surface area contributed by atoms with Crippen molar-refractivity contribution in [3.63, 3.8) is 0 Å². The van der Waals surface area contributed by atoms with Gasteiger partial charge in [0.2, 0.25) is 11.8 Å². The van der Waals surface area contributed by atoms with E-state index in [0.717, 1.165) is 12.8 Å². The van der Waals surface area contributed by atoms with E-state index < -0.39 is 0 Å². The Kier molecular flexibility index (Phi) is 4.95. The minimum Gasteiger partial charge on any atom is -0.342 e. The molecule has 1 heterocycles. The van der Waals surface area contributed by atoms with E-state index in [-0.39, 0.29) is 35.9 Å². The maximum absolute atomic E-state index is 12.9. The van der Waals surface area contributed by atoms with Gasteiger partial charge in [-0.25, -0.2) is 0 Å². The molecule has 120 valence electrons. The normalized spacial score (nSPS) is 37.8. The quantitative estimate of drug-likeness (QED) is 0.869. The summed E-state index contributed by atoms with van der Waals surface area (Å²) in [7, 11) is 0. The van der Waals surface area contributed by atoms with Gasteiger partial charge < -0.3 is 10.2 Å². The van der Waals surface area contributed by atoms with Gasteiger partial charge in [0, 0.05) is 6.04 Å². The Morgan fingerprint density at radius 1 is 1.24 bits per heavy atom. The van der Waals surface area contributed by atoms with Crippen LogP contribution < -0.4 is 5.32 Å². The monoisotopic (exact) mass is 294 g/mol. The molecule has 4 heteroatoms. The molecule has 0 spiro atoms. The number of nitrogens with one attached hydrogen (secondary N) is 1. The molecule has 21 heavy (non-hydrogen) atoms. The highest BCUT2D eigenvalue weighted by Gasteiger charge is 2.46. The van der Waals surface area contributed by atoms with Crippen LogP contribution in [0, 0.1) is 17.8 Å². The fourth-order valence-electron chi connectivity index (χ4n) is 3.93. The van der Waals surface area contributed by atoms with Crippen LogP contribution in [0.25, 0.3) is 0 Å². The van der Waals surface area contributed by atoms with Gasteiger partial charge in [-0.15, -0.1) is 0 Å². The fraction of sp³-hybridized carbons (Fsp3) is 0.882. The minimum absolute atomic E-state index is 0.0289. The van der Waals surface area contributed by atoms with Crippen LogP contribution in [-0.4, -0.2) is 34.8 Å². The molecule has 5 atom stereocenters. The summed E-state index contributed by atoms with van der Waals surface area (Å²) in [6.45, 7) is 10.5. The lowest BCUT2D eigenvalue weighted by molar-refractivity contribution is -0.156. The number of hydrogen-bond donors (Lipinski definition) is 1. The molecule has 1 N–H and O–H groups in total. The highest BCUT2D eigenvalue weighted by atomic mass is 16.2. The first-order chi connectivity index (χ1) is 9.88. The Labute approximate surface area is 128 Å². The summed E-state index contributed by atoms with van der Waals surface area (Å²) >= 11 is 0. The van der Waals surface area contributed by atoms with Crippen LogP contribution in [-0.2, 0) is 9.59 Å². The van der Waals surface area contributed by atoms with Gasteiger partial charge >= 0.3 is 0 Å². The molecule has 4 nitrogen and oxygen atoms in total. The number of hydrogen-bond acceptors (Lipinski definition) is 2. The number of rotatable bonds is 3. The Hall–Kier alpha value is -1.06. The molecule has 1 aliphatic carbocycles. The highest BCUT2D eigenvalue weighted by molar-refractivity contribution is 5.97. The standard InChI is InChI=1S/C17H30N2O2/c1-6-13-16(20)18-15(10(2)3)17(21)19(13)14-9-7-8-11(4)12(14)5/h10-15H,6-9H2,1-5H3,(H,18,20). The van der Waals surface area contributed by atoms with Crippen molar-refractivity contribution in [2.45, 2.75) is 78.4 Å². The third-order valence-electron chi connectivity index (χ3n) is 5.53. The van der Waals surface area contributed by atoms with Crippen LogP contribution in [0.5, 0.6) is 0 Å². The number of carbonyl (C=O) groups excluding carboxylic acids is 2. The van der Waals surface area contributed by atoms with Gasteiger partial charge in [-0.2, -0.15) is 0 Å². The Morgan fingerprint density at radius 2 is 1.90 bits per heavy atom. The Morgan fingerprint density at radius 3 is 2.48 bits per heavy atom. The first kappa shape index (κ1) is 16.3. The van der Waals surface area contributed by atoms with Gasteiger partial charge in [-0.1, -0.05) is 47.5 Å². The largest absolute Gasteiger partial charge is 0.342 e. The van der Waals surface area contributed by atoms with Gasteiger partial charge in [-0.05, 0) is 30.6 Å². The van der Waals surface area contributed by atoms with Crippen molar-refractivity contribution < 1.29 is 9.59 Å². The summed E-state index contributed by atoms with van der Waals surface area (Å²) in [5, 5.41) is 2.93. The van der Waals surface area contributed by atoms with E-state index in [4.69, 9.17) is 0 Å². The molecule has 2 fully saturated rings. The van der Waals surface area contributed by atoms with Crippen molar-refractivity contribution in [2.75, 3.05) is 0 Å². The van der Waals surface area contributed by atoms with Crippen LogP contribution in [0.2, 0.25) is 0 Å². The van der Waals surface area contributed by atoms with Gasteiger partial charge in [0.15, 0.2) is 0 Å². The van der Waals surface area contributed by atoms with E-state index in [1.165, 1.54) is 6.42 Å². The summed E-state index contributed by atoms with van der Waals surface area (Å²) < 4.78 is 0. The lowest BCUT2D eigenvalue weighted by atomic mass is 9.76. The molecule has 2 rings (SSSR count). The molecule has 0 aromatic rings. The molecule has 2 amide bonds. The molecule has 0 aromatic carbocycles. The molecular formula is C17H30N2O2. The van der Waals surface area contributed by atoms with Gasteiger partial charge in [0.05, 0.1) is 0 Å². The predicted octanol–water partition coefficient (Wildman–Crippen LogP) is 2.57. The second kappa shape index (κ2) is 6.37. The van der Waals surface area contributed by atoms with E-state index >= 15 is 0 Å². The summed E-state index contributed by atoms with van der Waals surface area (Å²) in [6.07, 6.45) is 4.12. The van der Waals surface area contributed by atoms with E-state index in [9.17, 15) is 9.59 Å². The number of amides is 2. The molecule has 1 saturated carbocycles. The maximum Gasteiger partial charge on any atom is 0.246 e. The van der Waals surface area contributed by atoms with E-state index in [1.807, 2.05) is 25.7 Å². The summed E-state index contributed by atoms with van der Waals surface area (Å²) in [5.41, 5.74) is 0. The number of nitrogens with zero attached hydrogens (tertiary/aromatic N) is 1. The Bertz CT molecular complexity index is 408. The maximum atomic E-state index is 12.9. The van der Waals surface area contributed by atoms with Crippen molar-refractivity contribution in [3.05, 3.63) is 0 Å². The predicted molar refractivity (Wildman–Crippen MR) is 83.7 cm³/mol. The average Bonchev–Trinajstić information content (AvgIpc) is 2.43. The van der Waals surface area contributed by atoms with Crippen LogP contribution in [0.3, 0.4) is 0 Å². The first-order valence-electron chi connectivity index (χ1n) is 8.51. The van der Waals surface area contributed by atoms with Crippen molar-refractivity contribution in [2.24, 2.45) is 17.8 Å². The molecule has 2 aliphatic rings. The van der Waals surface area contributed by atoms with Crippen molar-refractivity contribution in [1.29, 1.82) is 0 Å². The van der Waals surface area contributed by atoms with Gasteiger partial charge in [-0.3, -0.25) is 9.59 Å². The van der Waals surface area contributed by atoms with Gasteiger partial charge in [0.25, 0.3) is 0 Å². The average molecular weight is 294 g/mol. The smallest absolute Gasteiger partial charge is 0.246 e. The highest BCUT2D eigenvalue weighted by Crippen LogP contribution is 2.35. The summed E-state index contributed by atoms with van der Waals surface area (Å²) in [5.74, 6) is 1.38. The second-order valence-electron chi connectivity index (χ2n) is 7.23. The topological polar surface area (TPSA) is 49.4 Å². The van der Waals surface area contributed by atoms with Gasteiger partial charge in [0.1, 0.15) is 12.1 Å². The van der Waals surface area contributed by atoms with E-state index in [1.54, 1.807) is 0 Å². The minimum atomic E-state index is -0.357. The molecule has 5 unspecified atom stereocenters. The molecule has 0 bridgehead atoms. The lowest BCUT2D eigenvalue weighted by Gasteiger charge is -2.48. The summed E-state index contributed by atoms with van der Waals surface area (Å²) in [4.78, 5) is 27.3. The van der Waals surface area contributed by atoms with E-state index in [0.29, 0.717) is 18.3 Å². The second-order valence-corrected chi connectivity index (χ2v) is 7.23. The third kappa shape index (κ3) is 2.95. The fourth-order valence-corrected chi connectivity index (χ4v) is 3.93. The Balaban J connectivity index is 2.31. The summed E-state index contributed by atoms with van der Waals surface area (Å²) in [6, 6.07) is -0.423. The van der Waals surface area contributed by atoms with Crippen molar-refractivity contribution >= 4 is 11.8 Å². The first-order valence-corrected chi connectivity index (χ1v) is 8.51. The van der Waals surface area contributed by atoms with Crippen molar-refractivity contribution in [3.8, 4) is 0 Å². The third-order valence-corrected chi connectivity index (χ3v) is 5.53. The zero-order valence-corrected chi connectivity index (χ0v) is 14.1. The van der Waals surface area contributed by atoms with Crippen molar-refractivity contribution in [1.82, 2.24) is 10.2 Å². The van der Waals surface area contributed by atoms with Crippen LogP contribution in [0.4, 0.5) is 0 Å². The number of carbonyl (C=O) groups is 2. The zero-order chi connectivity index (χ0) is 15.7. The lowest BCUT2D eigenvalue weighted by Crippen LogP contribution is -2.68. The molecule has 0 radical (unpaired) electrons. The molecule has 1 saturated heterocycles. The van der Waals surface area contributed by atoms with E-state index in [2.05, 4.69) is 19.2 Å². The molecule has 1 aliphatic heterocycles. The zero-order valence-electron chi connectivity index (χ0n) is 14.1. The number of piperazine rings is 1. The SMILES string of the molecule is CCC1C(=O)NC(C(C)C)C(=O)N1C1CCCC(C)C1C. The molecule has 0 aromatic heterocycles. The van der Waals surface area contributed by atoms with Crippen LogP contribution in [0.1, 0.15) is 60.3 Å². The molecular weight excluding hydrogens is 264 g/mol. The van der Waals surface area contributed by atoms with Crippen LogP contribution >= 0.6 is 0 Å².